The molecule has 0 saturated carbocycles. The van der Waals surface area contributed by atoms with E-state index in [4.69, 9.17) is 10.2 Å². The maximum Gasteiger partial charge on any atom is 0.322 e. The number of carboxylic acids is 2. The molecule has 0 aliphatic heterocycles. The van der Waals surface area contributed by atoms with Gasteiger partial charge < -0.3 is 20.8 Å². The van der Waals surface area contributed by atoms with Crippen molar-refractivity contribution in [3.05, 3.63) is 29.8 Å². The number of hydrogen-bond acceptors (Lipinski definition) is 4. The van der Waals surface area contributed by atoms with Crippen LogP contribution in [-0.4, -0.2) is 40.5 Å². The largest absolute Gasteiger partial charge is 0.481 e. The lowest BCUT2D eigenvalue weighted by molar-refractivity contribution is -0.137. The first-order valence-corrected chi connectivity index (χ1v) is 6.50. The van der Waals surface area contributed by atoms with Crippen LogP contribution in [0.15, 0.2) is 24.3 Å². The highest BCUT2D eigenvalue weighted by atomic mass is 16.4. The lowest BCUT2D eigenvalue weighted by Gasteiger charge is -2.06. The highest BCUT2D eigenvalue weighted by Crippen LogP contribution is 2.10. The van der Waals surface area contributed by atoms with Crippen LogP contribution in [0.4, 0.5) is 5.69 Å². The molecule has 1 rings (SSSR count). The normalized spacial score (nSPS) is 9.82. The number of benzene rings is 1. The number of nitrogens with one attached hydrogen (secondary N) is 2. The Labute approximate surface area is 126 Å². The molecular formula is C14H16N2O6. The number of carbonyl (C=O) groups excluding carboxylic acids is 2. The van der Waals surface area contributed by atoms with E-state index in [1.165, 1.54) is 24.3 Å². The summed E-state index contributed by atoms with van der Waals surface area (Å²) in [6.45, 7) is -0.471. The van der Waals surface area contributed by atoms with Gasteiger partial charge in [-0.3, -0.25) is 19.2 Å². The highest BCUT2D eigenvalue weighted by molar-refractivity contribution is 5.97. The summed E-state index contributed by atoms with van der Waals surface area (Å²) >= 11 is 0. The molecule has 1 aromatic carbocycles. The number of anilines is 1. The lowest BCUT2D eigenvalue weighted by Crippen LogP contribution is -2.29. The molecule has 0 spiro atoms. The average molecular weight is 308 g/mol. The van der Waals surface area contributed by atoms with Gasteiger partial charge in [0.25, 0.3) is 5.91 Å². The fourth-order valence-electron chi connectivity index (χ4n) is 1.59. The second-order valence-corrected chi connectivity index (χ2v) is 4.45. The van der Waals surface area contributed by atoms with Crippen molar-refractivity contribution < 1.29 is 29.4 Å². The molecular weight excluding hydrogens is 292 g/mol. The minimum absolute atomic E-state index is 0.0733. The number of amides is 2. The molecule has 4 N–H and O–H groups in total. The summed E-state index contributed by atoms with van der Waals surface area (Å²) in [5.41, 5.74) is 0.736. The zero-order valence-corrected chi connectivity index (χ0v) is 11.7. The molecule has 22 heavy (non-hydrogen) atoms. The Balaban J connectivity index is 2.47. The smallest absolute Gasteiger partial charge is 0.322 e. The van der Waals surface area contributed by atoms with Crippen LogP contribution in [0.3, 0.4) is 0 Å². The third-order valence-corrected chi connectivity index (χ3v) is 2.63. The van der Waals surface area contributed by atoms with Crippen molar-refractivity contribution in [3.8, 4) is 0 Å². The Morgan fingerprint density at radius 3 is 2.09 bits per heavy atom. The second kappa shape index (κ2) is 8.40. The fourth-order valence-corrected chi connectivity index (χ4v) is 1.59. The van der Waals surface area contributed by atoms with Gasteiger partial charge in [0, 0.05) is 24.1 Å². The van der Waals surface area contributed by atoms with Crippen LogP contribution in [0.5, 0.6) is 0 Å². The molecule has 0 fully saturated rings. The second-order valence-electron chi connectivity index (χ2n) is 4.45. The van der Waals surface area contributed by atoms with Gasteiger partial charge in [0.2, 0.25) is 5.91 Å². The summed E-state index contributed by atoms with van der Waals surface area (Å²) < 4.78 is 0. The maximum absolute atomic E-state index is 11.6. The number of hydrogen-bond donors (Lipinski definition) is 4. The first kappa shape index (κ1) is 17.2. The highest BCUT2D eigenvalue weighted by Gasteiger charge is 2.08. The first-order valence-electron chi connectivity index (χ1n) is 6.50. The quantitative estimate of drug-likeness (QED) is 0.558. The van der Waals surface area contributed by atoms with Gasteiger partial charge in [-0.15, -0.1) is 0 Å². The monoisotopic (exact) mass is 308 g/mol. The zero-order chi connectivity index (χ0) is 16.5. The van der Waals surface area contributed by atoms with E-state index in [1.54, 1.807) is 0 Å². The van der Waals surface area contributed by atoms with Gasteiger partial charge >= 0.3 is 11.9 Å². The standard InChI is InChI=1S/C14H16N2O6/c17-11(2-1-3-12(18)19)16-10-6-4-9(5-7-10)14(22)15-8-13(20)21/h4-7H,1-3,8H2,(H,15,22)(H,16,17)(H,18,19)(H,20,21). The molecule has 2 amide bonds. The van der Waals surface area contributed by atoms with E-state index in [2.05, 4.69) is 10.6 Å². The predicted molar refractivity (Wildman–Crippen MR) is 76.5 cm³/mol. The van der Waals surface area contributed by atoms with E-state index in [-0.39, 0.29) is 30.7 Å². The predicted octanol–water partition coefficient (Wildman–Crippen LogP) is 0.694. The summed E-state index contributed by atoms with van der Waals surface area (Å²) in [4.78, 5) is 43.8. The number of carboxylic acid groups (broad SMARTS) is 2. The van der Waals surface area contributed by atoms with Crippen LogP contribution >= 0.6 is 0 Å². The molecule has 1 aromatic rings. The molecule has 0 radical (unpaired) electrons. The average Bonchev–Trinajstić information content (AvgIpc) is 2.45. The van der Waals surface area contributed by atoms with E-state index in [1.807, 2.05) is 0 Å². The molecule has 0 atom stereocenters. The van der Waals surface area contributed by atoms with Crippen LogP contribution in [0.2, 0.25) is 0 Å². The van der Waals surface area contributed by atoms with Gasteiger partial charge in [0.15, 0.2) is 0 Å². The van der Waals surface area contributed by atoms with Crippen LogP contribution in [0.25, 0.3) is 0 Å². The molecule has 0 aliphatic rings. The fraction of sp³-hybridized carbons (Fsp3) is 0.286. The van der Waals surface area contributed by atoms with Gasteiger partial charge in [-0.05, 0) is 30.7 Å². The van der Waals surface area contributed by atoms with E-state index in [9.17, 15) is 19.2 Å². The molecule has 118 valence electrons. The van der Waals surface area contributed by atoms with Crippen LogP contribution in [0.1, 0.15) is 29.6 Å². The van der Waals surface area contributed by atoms with Crippen LogP contribution < -0.4 is 10.6 Å². The summed E-state index contributed by atoms with van der Waals surface area (Å²) in [6.07, 6.45) is 0.264. The van der Waals surface area contributed by atoms with Crippen molar-refractivity contribution in [1.82, 2.24) is 5.32 Å². The van der Waals surface area contributed by atoms with Crippen molar-refractivity contribution in [2.45, 2.75) is 19.3 Å². The van der Waals surface area contributed by atoms with Crippen molar-refractivity contribution in [2.75, 3.05) is 11.9 Å². The van der Waals surface area contributed by atoms with Crippen molar-refractivity contribution >= 4 is 29.4 Å². The Morgan fingerprint density at radius 1 is 0.909 bits per heavy atom. The Morgan fingerprint density at radius 2 is 1.55 bits per heavy atom. The van der Waals surface area contributed by atoms with Gasteiger partial charge in [0.1, 0.15) is 6.54 Å². The molecule has 0 bridgehead atoms. The third-order valence-electron chi connectivity index (χ3n) is 2.63. The third kappa shape index (κ3) is 6.51. The van der Waals surface area contributed by atoms with Gasteiger partial charge in [-0.25, -0.2) is 0 Å². The molecule has 8 heteroatoms. The van der Waals surface area contributed by atoms with Crippen LogP contribution in [0, 0.1) is 0 Å². The van der Waals surface area contributed by atoms with Gasteiger partial charge in [-0.1, -0.05) is 0 Å². The van der Waals surface area contributed by atoms with Crippen molar-refractivity contribution in [3.63, 3.8) is 0 Å². The Hall–Kier alpha value is -2.90. The number of aliphatic carboxylic acids is 2. The van der Waals surface area contributed by atoms with E-state index in [0.29, 0.717) is 5.69 Å². The number of rotatable bonds is 8. The lowest BCUT2D eigenvalue weighted by atomic mass is 10.2. The Kier molecular flexibility index (Phi) is 6.55. The SMILES string of the molecule is O=C(O)CCCC(=O)Nc1ccc(C(=O)NCC(=O)O)cc1. The molecule has 8 nitrogen and oxygen atoms in total. The molecule has 0 saturated heterocycles. The zero-order valence-electron chi connectivity index (χ0n) is 11.7. The number of carbonyl (C=O) groups is 4. The molecule has 0 aromatic heterocycles. The van der Waals surface area contributed by atoms with Crippen LogP contribution in [-0.2, 0) is 14.4 Å². The summed E-state index contributed by atoms with van der Waals surface area (Å²) in [5.74, 6) is -2.94. The first-order chi connectivity index (χ1) is 10.4. The molecule has 0 unspecified atom stereocenters. The molecule has 0 heterocycles. The summed E-state index contributed by atoms with van der Waals surface area (Å²) in [7, 11) is 0. The van der Waals surface area contributed by atoms with Crippen molar-refractivity contribution in [1.29, 1.82) is 0 Å². The summed E-state index contributed by atoms with van der Waals surface area (Å²) in [6, 6.07) is 5.91. The van der Waals surface area contributed by atoms with E-state index in [0.717, 1.165) is 0 Å². The van der Waals surface area contributed by atoms with E-state index >= 15 is 0 Å². The summed E-state index contributed by atoms with van der Waals surface area (Å²) in [5, 5.41) is 21.7. The van der Waals surface area contributed by atoms with Gasteiger partial charge in [0.05, 0.1) is 0 Å². The minimum atomic E-state index is -1.14. The topological polar surface area (TPSA) is 133 Å². The minimum Gasteiger partial charge on any atom is -0.481 e. The van der Waals surface area contributed by atoms with Gasteiger partial charge in [-0.2, -0.15) is 0 Å². The van der Waals surface area contributed by atoms with E-state index < -0.39 is 24.4 Å². The van der Waals surface area contributed by atoms with Crippen molar-refractivity contribution in [2.24, 2.45) is 0 Å². The molecule has 0 aliphatic carbocycles. The maximum atomic E-state index is 11.6. The Bertz CT molecular complexity index is 567.